The largest absolute Gasteiger partial charge is 1.00 e. The molecule has 0 spiro atoms. The van der Waals surface area contributed by atoms with Gasteiger partial charge in [-0.05, 0) is 24.1 Å². The van der Waals surface area contributed by atoms with Crippen molar-refractivity contribution in [2.24, 2.45) is 5.92 Å². The van der Waals surface area contributed by atoms with Crippen LogP contribution in [0.1, 0.15) is 13.8 Å². The van der Waals surface area contributed by atoms with Crippen LogP contribution in [0.4, 0.5) is 0 Å². The third-order valence-corrected chi connectivity index (χ3v) is 3.31. The van der Waals surface area contributed by atoms with Crippen LogP contribution in [0.5, 0.6) is 0 Å². The van der Waals surface area contributed by atoms with Gasteiger partial charge in [0.25, 0.3) is 0 Å². The smallest absolute Gasteiger partial charge is 0.744 e. The zero-order valence-electron chi connectivity index (χ0n) is 8.57. The average Bonchev–Trinajstić information content (AvgIpc) is 1.98. The van der Waals surface area contributed by atoms with Crippen LogP contribution in [-0.4, -0.2) is 13.0 Å². The molecule has 5 heteroatoms. The molecule has 0 N–H and O–H groups in total. The van der Waals surface area contributed by atoms with Gasteiger partial charge in [-0.1, -0.05) is 19.6 Å². The van der Waals surface area contributed by atoms with Gasteiger partial charge in [-0.25, -0.2) is 8.42 Å². The van der Waals surface area contributed by atoms with E-state index in [4.69, 9.17) is 0 Å². The SMILES string of the molecule is C=C1C=CC(S(=O)(=O)[O-])=C(C)C1C.[Na+]. The first-order valence-electron chi connectivity index (χ1n) is 3.87. The molecule has 0 bridgehead atoms. The van der Waals surface area contributed by atoms with Crippen molar-refractivity contribution in [2.75, 3.05) is 0 Å². The van der Waals surface area contributed by atoms with Crippen LogP contribution in [0, 0.1) is 5.92 Å². The van der Waals surface area contributed by atoms with Crippen LogP contribution in [-0.2, 0) is 10.1 Å². The minimum absolute atomic E-state index is 0. The van der Waals surface area contributed by atoms with Gasteiger partial charge in [-0.15, -0.1) is 0 Å². The number of hydrogen-bond acceptors (Lipinski definition) is 3. The summed E-state index contributed by atoms with van der Waals surface area (Å²) in [5.41, 5.74) is 1.40. The Labute approximate surface area is 107 Å². The Kier molecular flexibility index (Phi) is 4.81. The molecule has 0 aromatic rings. The van der Waals surface area contributed by atoms with Crippen LogP contribution in [0.25, 0.3) is 0 Å². The van der Waals surface area contributed by atoms with E-state index in [1.807, 2.05) is 6.92 Å². The summed E-state index contributed by atoms with van der Waals surface area (Å²) in [5.74, 6) is -0.0660. The summed E-state index contributed by atoms with van der Waals surface area (Å²) in [7, 11) is -4.33. The molecule has 0 saturated heterocycles. The maximum absolute atomic E-state index is 10.8. The standard InChI is InChI=1S/C9H12O3S.Na/c1-6-4-5-9(13(10,11)12)8(3)7(6)2;/h4-5,7H,1H2,2-3H3,(H,10,11,12);/q;+1/p-1. The van der Waals surface area contributed by atoms with Gasteiger partial charge in [-0.2, -0.15) is 0 Å². The molecule has 1 aliphatic rings. The fraction of sp³-hybridized carbons (Fsp3) is 0.333. The van der Waals surface area contributed by atoms with Crippen LogP contribution < -0.4 is 29.6 Å². The normalized spacial score (nSPS) is 22.2. The first-order chi connectivity index (χ1) is 5.84. The predicted octanol–water partition coefficient (Wildman–Crippen LogP) is -1.43. The molecule has 1 atom stereocenters. The minimum Gasteiger partial charge on any atom is -0.744 e. The Hall–Kier alpha value is 0.130. The van der Waals surface area contributed by atoms with Crippen molar-refractivity contribution in [1.29, 1.82) is 0 Å². The summed E-state index contributed by atoms with van der Waals surface area (Å²) < 4.78 is 32.3. The van der Waals surface area contributed by atoms with E-state index in [0.29, 0.717) is 5.57 Å². The average molecular weight is 222 g/mol. The quantitative estimate of drug-likeness (QED) is 0.404. The van der Waals surface area contributed by atoms with Crippen LogP contribution in [0.3, 0.4) is 0 Å². The van der Waals surface area contributed by atoms with Crippen LogP contribution >= 0.6 is 0 Å². The summed E-state index contributed by atoms with van der Waals surface area (Å²) in [5, 5.41) is 0. The third-order valence-electron chi connectivity index (χ3n) is 2.31. The summed E-state index contributed by atoms with van der Waals surface area (Å²) in [6.45, 7) is 7.21. The second-order valence-corrected chi connectivity index (χ2v) is 4.48. The number of rotatable bonds is 1. The van der Waals surface area contributed by atoms with Gasteiger partial charge < -0.3 is 4.55 Å². The van der Waals surface area contributed by atoms with Gasteiger partial charge in [0.15, 0.2) is 0 Å². The molecule has 1 unspecified atom stereocenters. The zero-order valence-corrected chi connectivity index (χ0v) is 11.4. The molecular formula is C9H11NaO3S. The van der Waals surface area contributed by atoms with E-state index < -0.39 is 10.1 Å². The van der Waals surface area contributed by atoms with Crippen LogP contribution in [0.15, 0.2) is 34.8 Å². The molecule has 0 fully saturated rings. The minimum atomic E-state index is -4.33. The first kappa shape index (κ1) is 14.1. The molecule has 0 heterocycles. The maximum atomic E-state index is 10.8. The Morgan fingerprint density at radius 2 is 1.93 bits per heavy atom. The Morgan fingerprint density at radius 3 is 2.36 bits per heavy atom. The fourth-order valence-corrected chi connectivity index (χ4v) is 2.04. The second kappa shape index (κ2) is 4.77. The molecule has 0 aliphatic heterocycles. The molecule has 72 valence electrons. The van der Waals surface area contributed by atoms with E-state index in [2.05, 4.69) is 6.58 Å². The zero-order chi connectivity index (χ0) is 10.2. The molecule has 1 rings (SSSR count). The van der Waals surface area contributed by atoms with E-state index >= 15 is 0 Å². The second-order valence-electron chi connectivity index (χ2n) is 3.13. The van der Waals surface area contributed by atoms with E-state index in [1.54, 1.807) is 13.0 Å². The van der Waals surface area contributed by atoms with Crippen molar-refractivity contribution in [1.82, 2.24) is 0 Å². The van der Waals surface area contributed by atoms with Crippen molar-refractivity contribution in [3.63, 3.8) is 0 Å². The van der Waals surface area contributed by atoms with Gasteiger partial charge in [0, 0.05) is 5.92 Å². The molecular weight excluding hydrogens is 211 g/mol. The molecule has 0 aromatic heterocycles. The molecule has 3 nitrogen and oxygen atoms in total. The maximum Gasteiger partial charge on any atom is 1.00 e. The number of allylic oxidation sites excluding steroid dienone is 4. The number of hydrogen-bond donors (Lipinski definition) is 0. The molecule has 1 aliphatic carbocycles. The van der Waals surface area contributed by atoms with Crippen molar-refractivity contribution in [2.45, 2.75) is 13.8 Å². The van der Waals surface area contributed by atoms with E-state index in [9.17, 15) is 13.0 Å². The third kappa shape index (κ3) is 2.81. The summed E-state index contributed by atoms with van der Waals surface area (Å²) in [4.78, 5) is -0.118. The first-order valence-corrected chi connectivity index (χ1v) is 5.28. The fourth-order valence-electron chi connectivity index (χ4n) is 1.23. The Balaban J connectivity index is 0.00000169. The van der Waals surface area contributed by atoms with Gasteiger partial charge in [0.2, 0.25) is 0 Å². The van der Waals surface area contributed by atoms with E-state index in [1.165, 1.54) is 6.08 Å². The van der Waals surface area contributed by atoms with E-state index in [-0.39, 0.29) is 40.4 Å². The van der Waals surface area contributed by atoms with E-state index in [0.717, 1.165) is 5.57 Å². The molecule has 0 saturated carbocycles. The van der Waals surface area contributed by atoms with Crippen molar-refractivity contribution in [3.8, 4) is 0 Å². The molecule has 0 radical (unpaired) electrons. The molecule has 0 amide bonds. The van der Waals surface area contributed by atoms with Gasteiger partial charge >= 0.3 is 29.6 Å². The van der Waals surface area contributed by atoms with Crippen molar-refractivity contribution >= 4 is 10.1 Å². The molecule has 14 heavy (non-hydrogen) atoms. The monoisotopic (exact) mass is 222 g/mol. The summed E-state index contributed by atoms with van der Waals surface area (Å²) >= 11 is 0. The van der Waals surface area contributed by atoms with Gasteiger partial charge in [0.05, 0.1) is 4.91 Å². The Bertz CT molecular complexity index is 404. The van der Waals surface area contributed by atoms with Gasteiger partial charge in [-0.3, -0.25) is 0 Å². The van der Waals surface area contributed by atoms with Crippen molar-refractivity contribution < 1.29 is 42.5 Å². The Morgan fingerprint density at radius 1 is 1.43 bits per heavy atom. The summed E-state index contributed by atoms with van der Waals surface area (Å²) in [6, 6.07) is 0. The van der Waals surface area contributed by atoms with Crippen molar-refractivity contribution in [3.05, 3.63) is 34.8 Å². The van der Waals surface area contributed by atoms with Gasteiger partial charge in [0.1, 0.15) is 10.1 Å². The summed E-state index contributed by atoms with van der Waals surface area (Å²) in [6.07, 6.45) is 2.89. The van der Waals surface area contributed by atoms with Crippen LogP contribution in [0.2, 0.25) is 0 Å². The topological polar surface area (TPSA) is 57.2 Å². The predicted molar refractivity (Wildman–Crippen MR) is 49.8 cm³/mol. The molecule has 0 aromatic carbocycles.